The van der Waals surface area contributed by atoms with Crippen molar-refractivity contribution in [1.82, 2.24) is 9.80 Å². The zero-order valence-corrected chi connectivity index (χ0v) is 21.5. The van der Waals surface area contributed by atoms with Crippen molar-refractivity contribution in [2.45, 2.75) is 25.4 Å². The maximum atomic E-state index is 13.1. The summed E-state index contributed by atoms with van der Waals surface area (Å²) >= 11 is 0. The molecule has 0 spiro atoms. The van der Waals surface area contributed by atoms with Crippen LogP contribution in [0, 0.1) is 11.8 Å². The van der Waals surface area contributed by atoms with Crippen molar-refractivity contribution in [3.63, 3.8) is 0 Å². The molecule has 7 nitrogen and oxygen atoms in total. The van der Waals surface area contributed by atoms with Crippen LogP contribution in [0.25, 0.3) is 0 Å². The molecule has 2 aliphatic rings. The Morgan fingerprint density at radius 2 is 1.71 bits per heavy atom. The normalized spacial score (nSPS) is 20.8. The third-order valence-electron chi connectivity index (χ3n) is 7.68. The van der Waals surface area contributed by atoms with Gasteiger partial charge in [-0.2, -0.15) is 13.2 Å². The monoisotopic (exact) mass is 533 g/mol. The highest BCUT2D eigenvalue weighted by atomic mass is 19.4. The predicted molar refractivity (Wildman–Crippen MR) is 137 cm³/mol. The number of carbonyl (C=O) groups excluding carboxylic acids is 1. The molecule has 4 rings (SSSR count). The van der Waals surface area contributed by atoms with Gasteiger partial charge in [-0.1, -0.05) is 6.07 Å². The van der Waals surface area contributed by atoms with E-state index < -0.39 is 17.7 Å². The van der Waals surface area contributed by atoms with Crippen LogP contribution in [0.1, 0.15) is 35.2 Å². The smallest absolute Gasteiger partial charge is 0.416 e. The number of ether oxygens (including phenoxy) is 1. The first-order valence-electron chi connectivity index (χ1n) is 12.9. The molecule has 2 saturated heterocycles. The van der Waals surface area contributed by atoms with E-state index in [1.807, 2.05) is 9.80 Å². The first kappa shape index (κ1) is 27.8. The number of piperidine rings is 1. The average molecular weight is 534 g/mol. The first-order chi connectivity index (χ1) is 18.1. The van der Waals surface area contributed by atoms with E-state index in [4.69, 9.17) is 4.74 Å². The van der Waals surface area contributed by atoms with Gasteiger partial charge >= 0.3 is 12.1 Å². The fraction of sp³-hybridized carbons (Fsp3) is 0.500. The molecule has 0 saturated carbocycles. The number of halogens is 3. The number of amides is 1. The third kappa shape index (κ3) is 6.98. The summed E-state index contributed by atoms with van der Waals surface area (Å²) < 4.78 is 44.5. The number of anilines is 1. The highest BCUT2D eigenvalue weighted by Gasteiger charge is 2.34. The van der Waals surface area contributed by atoms with Crippen LogP contribution in [-0.4, -0.2) is 79.7 Å². The quantitative estimate of drug-likeness (QED) is 0.540. The minimum absolute atomic E-state index is 0.00110. The molecule has 1 amide bonds. The Labute approximate surface area is 220 Å². The van der Waals surface area contributed by atoms with Crippen LogP contribution in [0.4, 0.5) is 18.9 Å². The molecule has 2 aromatic rings. The Hall–Kier alpha value is -3.27. The van der Waals surface area contributed by atoms with Gasteiger partial charge in [0.1, 0.15) is 5.75 Å². The molecule has 2 fully saturated rings. The molecule has 2 unspecified atom stereocenters. The third-order valence-corrected chi connectivity index (χ3v) is 7.68. The molecule has 0 aliphatic carbocycles. The average Bonchev–Trinajstić information content (AvgIpc) is 2.92. The number of carboxylic acid groups (broad SMARTS) is 1. The van der Waals surface area contributed by atoms with Crippen molar-refractivity contribution < 1.29 is 32.6 Å². The van der Waals surface area contributed by atoms with E-state index in [1.165, 1.54) is 12.1 Å². The molecular weight excluding hydrogens is 499 g/mol. The van der Waals surface area contributed by atoms with Crippen LogP contribution in [0.15, 0.2) is 48.5 Å². The lowest BCUT2D eigenvalue weighted by Gasteiger charge is -2.40. The SMILES string of the molecule is COc1ccc(C(=O)N2CCC(CC(=O)O)C(CCN3CCN(c4cccc(C(F)(F)F)c4)CC3)C2)cc1. The Morgan fingerprint density at radius 1 is 1.00 bits per heavy atom. The van der Waals surface area contributed by atoms with Crippen molar-refractivity contribution in [3.05, 3.63) is 59.7 Å². The number of hydrogen-bond donors (Lipinski definition) is 1. The van der Waals surface area contributed by atoms with E-state index in [-0.39, 0.29) is 24.2 Å². The number of carbonyl (C=O) groups is 2. The second-order valence-electron chi connectivity index (χ2n) is 10.1. The molecule has 10 heteroatoms. The number of likely N-dealkylation sites (tertiary alicyclic amines) is 1. The molecule has 1 N–H and O–H groups in total. The van der Waals surface area contributed by atoms with Gasteiger partial charge in [0.2, 0.25) is 0 Å². The predicted octanol–water partition coefficient (Wildman–Crippen LogP) is 4.48. The molecule has 2 aliphatic heterocycles. The summed E-state index contributed by atoms with van der Waals surface area (Å²) in [6.45, 7) is 4.44. The molecule has 2 aromatic carbocycles. The second kappa shape index (κ2) is 12.1. The van der Waals surface area contributed by atoms with Crippen LogP contribution in [-0.2, 0) is 11.0 Å². The highest BCUT2D eigenvalue weighted by molar-refractivity contribution is 5.94. The number of aliphatic carboxylic acids is 1. The number of alkyl halides is 3. The number of piperazine rings is 1. The van der Waals surface area contributed by atoms with E-state index in [2.05, 4.69) is 4.90 Å². The summed E-state index contributed by atoms with van der Waals surface area (Å²) in [5.41, 5.74) is 0.501. The fourth-order valence-electron chi connectivity index (χ4n) is 5.46. The maximum absolute atomic E-state index is 13.1. The van der Waals surface area contributed by atoms with Gasteiger partial charge in [-0.15, -0.1) is 0 Å². The number of carboxylic acids is 1. The minimum atomic E-state index is -4.37. The molecule has 2 heterocycles. The van der Waals surface area contributed by atoms with Crippen LogP contribution in [0.3, 0.4) is 0 Å². The van der Waals surface area contributed by atoms with Gasteiger partial charge in [-0.25, -0.2) is 0 Å². The topological polar surface area (TPSA) is 73.3 Å². The summed E-state index contributed by atoms with van der Waals surface area (Å²) in [4.78, 5) is 30.7. The van der Waals surface area contributed by atoms with Crippen LogP contribution in [0.2, 0.25) is 0 Å². The molecule has 0 radical (unpaired) electrons. The van der Waals surface area contributed by atoms with Crippen molar-refractivity contribution in [2.24, 2.45) is 11.8 Å². The Morgan fingerprint density at radius 3 is 2.34 bits per heavy atom. The Bertz CT molecular complexity index is 1100. The number of nitrogens with zero attached hydrogens (tertiary/aromatic N) is 3. The molecular formula is C28H34F3N3O4. The van der Waals surface area contributed by atoms with Crippen molar-refractivity contribution in [3.8, 4) is 5.75 Å². The van der Waals surface area contributed by atoms with Crippen LogP contribution < -0.4 is 9.64 Å². The van der Waals surface area contributed by atoms with Gasteiger partial charge in [-0.05, 0) is 73.7 Å². The summed E-state index contributed by atoms with van der Waals surface area (Å²) in [7, 11) is 1.57. The summed E-state index contributed by atoms with van der Waals surface area (Å²) in [5, 5.41) is 9.43. The number of methoxy groups -OCH3 is 1. The lowest BCUT2D eigenvalue weighted by Crippen LogP contribution is -2.48. The van der Waals surface area contributed by atoms with Gasteiger partial charge < -0.3 is 19.6 Å². The van der Waals surface area contributed by atoms with E-state index in [9.17, 15) is 27.9 Å². The van der Waals surface area contributed by atoms with Gasteiger partial charge in [0.05, 0.1) is 12.7 Å². The standard InChI is InChI=1S/C28H34F3N3O4/c1-38-25-7-5-20(6-8-25)27(37)34-12-10-21(17-26(35)36)22(19-34)9-11-32-13-15-33(16-14-32)24-4-2-3-23(18-24)28(29,30)31/h2-8,18,21-22H,9-17,19H2,1H3,(H,35,36). The largest absolute Gasteiger partial charge is 0.497 e. The summed E-state index contributed by atoms with van der Waals surface area (Å²) in [6.07, 6.45) is -2.89. The maximum Gasteiger partial charge on any atom is 0.416 e. The zero-order valence-electron chi connectivity index (χ0n) is 21.5. The molecule has 2 atom stereocenters. The zero-order chi connectivity index (χ0) is 27.3. The van der Waals surface area contributed by atoms with Gasteiger partial charge in [-0.3, -0.25) is 14.5 Å². The van der Waals surface area contributed by atoms with Crippen molar-refractivity contribution in [2.75, 3.05) is 57.8 Å². The van der Waals surface area contributed by atoms with Gasteiger partial charge in [0, 0.05) is 56.9 Å². The van der Waals surface area contributed by atoms with E-state index >= 15 is 0 Å². The molecule has 0 aromatic heterocycles. The van der Waals surface area contributed by atoms with Crippen molar-refractivity contribution in [1.29, 1.82) is 0 Å². The summed E-state index contributed by atoms with van der Waals surface area (Å²) in [6, 6.07) is 12.4. The van der Waals surface area contributed by atoms with E-state index in [0.717, 1.165) is 19.0 Å². The van der Waals surface area contributed by atoms with Crippen molar-refractivity contribution >= 4 is 17.6 Å². The number of benzene rings is 2. The highest BCUT2D eigenvalue weighted by Crippen LogP contribution is 2.33. The fourth-order valence-corrected chi connectivity index (χ4v) is 5.46. The first-order valence-corrected chi connectivity index (χ1v) is 12.9. The van der Waals surface area contributed by atoms with Gasteiger partial charge in [0.25, 0.3) is 5.91 Å². The Kier molecular flexibility index (Phi) is 8.81. The van der Waals surface area contributed by atoms with E-state index in [0.29, 0.717) is 62.7 Å². The van der Waals surface area contributed by atoms with Crippen LogP contribution in [0.5, 0.6) is 5.75 Å². The molecule has 38 heavy (non-hydrogen) atoms. The van der Waals surface area contributed by atoms with E-state index in [1.54, 1.807) is 37.4 Å². The van der Waals surface area contributed by atoms with Gasteiger partial charge in [0.15, 0.2) is 0 Å². The molecule has 206 valence electrons. The lowest BCUT2D eigenvalue weighted by atomic mass is 9.81. The Balaban J connectivity index is 1.33. The number of rotatable bonds is 8. The minimum Gasteiger partial charge on any atom is -0.497 e. The summed E-state index contributed by atoms with van der Waals surface area (Å²) in [5.74, 6) is -0.166. The van der Waals surface area contributed by atoms with Crippen LogP contribution >= 0.6 is 0 Å². The number of hydrogen-bond acceptors (Lipinski definition) is 5. The molecule has 0 bridgehead atoms. The lowest BCUT2D eigenvalue weighted by molar-refractivity contribution is -0.139. The second-order valence-corrected chi connectivity index (χ2v) is 10.1.